The van der Waals surface area contributed by atoms with Crippen LogP contribution in [0.3, 0.4) is 0 Å². The van der Waals surface area contributed by atoms with Crippen molar-refractivity contribution in [3.63, 3.8) is 0 Å². The lowest BCUT2D eigenvalue weighted by molar-refractivity contribution is -0.0816. The van der Waals surface area contributed by atoms with E-state index in [1.165, 1.54) is 25.7 Å². The third kappa shape index (κ3) is 1.70. The summed E-state index contributed by atoms with van der Waals surface area (Å²) in [6.07, 6.45) is 5.81. The van der Waals surface area contributed by atoms with Gasteiger partial charge in [-0.15, -0.1) is 0 Å². The van der Waals surface area contributed by atoms with Gasteiger partial charge in [-0.25, -0.2) is 0 Å². The molecular weight excluding hydrogens is 176 g/mol. The molecule has 1 saturated carbocycles. The third-order valence-corrected chi connectivity index (χ3v) is 4.30. The van der Waals surface area contributed by atoms with Crippen LogP contribution in [0.15, 0.2) is 0 Å². The Kier molecular flexibility index (Phi) is 2.85. The van der Waals surface area contributed by atoms with Gasteiger partial charge < -0.3 is 9.84 Å². The number of aliphatic hydroxyl groups is 1. The zero-order chi connectivity index (χ0) is 10.2. The van der Waals surface area contributed by atoms with Crippen LogP contribution in [0.4, 0.5) is 0 Å². The van der Waals surface area contributed by atoms with E-state index in [2.05, 4.69) is 6.92 Å². The van der Waals surface area contributed by atoms with E-state index in [0.29, 0.717) is 5.92 Å². The highest BCUT2D eigenvalue weighted by atomic mass is 16.5. The molecular formula is C12H22O2. The third-order valence-electron chi connectivity index (χ3n) is 4.30. The fourth-order valence-electron chi connectivity index (χ4n) is 3.04. The minimum Gasteiger partial charge on any atom is -0.387 e. The van der Waals surface area contributed by atoms with Crippen LogP contribution in [0.1, 0.15) is 46.0 Å². The Morgan fingerprint density at radius 2 is 1.79 bits per heavy atom. The standard InChI is InChI=1S/C12H22O2/c1-9-3-5-11(6-4-9)12(13)7-8-14-10(12)2/h9-11,13H,3-8H2,1-2H3. The Hall–Kier alpha value is -0.0800. The van der Waals surface area contributed by atoms with Gasteiger partial charge in [-0.2, -0.15) is 0 Å². The molecule has 14 heavy (non-hydrogen) atoms. The van der Waals surface area contributed by atoms with Gasteiger partial charge in [0.15, 0.2) is 0 Å². The second kappa shape index (κ2) is 3.82. The molecule has 0 bridgehead atoms. The van der Waals surface area contributed by atoms with Crippen LogP contribution in [0.25, 0.3) is 0 Å². The largest absolute Gasteiger partial charge is 0.387 e. The minimum atomic E-state index is -0.514. The van der Waals surface area contributed by atoms with E-state index in [1.807, 2.05) is 6.92 Å². The SMILES string of the molecule is CC1CCC(C2(O)CCOC2C)CC1. The van der Waals surface area contributed by atoms with E-state index in [-0.39, 0.29) is 6.10 Å². The minimum absolute atomic E-state index is 0.0425. The summed E-state index contributed by atoms with van der Waals surface area (Å²) < 4.78 is 5.50. The molecule has 1 aliphatic carbocycles. The first-order chi connectivity index (χ1) is 6.63. The lowest BCUT2D eigenvalue weighted by atomic mass is 9.71. The van der Waals surface area contributed by atoms with Crippen LogP contribution < -0.4 is 0 Å². The van der Waals surface area contributed by atoms with E-state index in [4.69, 9.17) is 4.74 Å². The Morgan fingerprint density at radius 3 is 2.29 bits per heavy atom. The van der Waals surface area contributed by atoms with Crippen molar-refractivity contribution < 1.29 is 9.84 Å². The molecule has 1 heterocycles. The van der Waals surface area contributed by atoms with Gasteiger partial charge in [0.2, 0.25) is 0 Å². The molecule has 0 aromatic carbocycles. The molecule has 0 spiro atoms. The van der Waals surface area contributed by atoms with E-state index < -0.39 is 5.60 Å². The maximum absolute atomic E-state index is 10.5. The summed E-state index contributed by atoms with van der Waals surface area (Å²) in [7, 11) is 0. The number of hydrogen-bond donors (Lipinski definition) is 1. The normalized spacial score (nSPS) is 49.5. The van der Waals surface area contributed by atoms with Crippen LogP contribution in [0.5, 0.6) is 0 Å². The molecule has 0 aromatic rings. The molecule has 2 atom stereocenters. The summed E-state index contributed by atoms with van der Waals surface area (Å²) in [4.78, 5) is 0. The van der Waals surface area contributed by atoms with Crippen molar-refractivity contribution in [3.8, 4) is 0 Å². The summed E-state index contributed by atoms with van der Waals surface area (Å²) >= 11 is 0. The van der Waals surface area contributed by atoms with Crippen LogP contribution in [0.2, 0.25) is 0 Å². The highest BCUT2D eigenvalue weighted by Gasteiger charge is 2.46. The highest BCUT2D eigenvalue weighted by Crippen LogP contribution is 2.42. The van der Waals surface area contributed by atoms with Crippen molar-refractivity contribution in [3.05, 3.63) is 0 Å². The van der Waals surface area contributed by atoms with Crippen molar-refractivity contribution in [1.82, 2.24) is 0 Å². The molecule has 2 fully saturated rings. The van der Waals surface area contributed by atoms with Gasteiger partial charge >= 0.3 is 0 Å². The van der Waals surface area contributed by atoms with Crippen molar-refractivity contribution in [2.45, 2.75) is 57.7 Å². The van der Waals surface area contributed by atoms with Crippen molar-refractivity contribution in [2.75, 3.05) is 6.61 Å². The molecule has 2 rings (SSSR count). The fraction of sp³-hybridized carbons (Fsp3) is 1.00. The molecule has 1 N–H and O–H groups in total. The summed E-state index contributed by atoms with van der Waals surface area (Å²) in [5, 5.41) is 10.5. The van der Waals surface area contributed by atoms with Crippen molar-refractivity contribution >= 4 is 0 Å². The maximum Gasteiger partial charge on any atom is 0.0955 e. The second-order valence-electron chi connectivity index (χ2n) is 5.21. The van der Waals surface area contributed by atoms with E-state index >= 15 is 0 Å². The van der Waals surface area contributed by atoms with E-state index in [1.54, 1.807) is 0 Å². The molecule has 1 aliphatic heterocycles. The molecule has 2 heteroatoms. The predicted molar refractivity (Wildman–Crippen MR) is 56.1 cm³/mol. The van der Waals surface area contributed by atoms with E-state index in [0.717, 1.165) is 18.9 Å². The molecule has 0 radical (unpaired) electrons. The highest BCUT2D eigenvalue weighted by molar-refractivity contribution is 4.96. The predicted octanol–water partition coefficient (Wildman–Crippen LogP) is 2.35. The topological polar surface area (TPSA) is 29.5 Å². The van der Waals surface area contributed by atoms with Crippen molar-refractivity contribution in [1.29, 1.82) is 0 Å². The second-order valence-corrected chi connectivity index (χ2v) is 5.21. The van der Waals surface area contributed by atoms with Crippen LogP contribution in [0, 0.1) is 11.8 Å². The molecule has 0 aromatic heterocycles. The zero-order valence-corrected chi connectivity index (χ0v) is 9.33. The van der Waals surface area contributed by atoms with Gasteiger partial charge in [-0.1, -0.05) is 19.8 Å². The summed E-state index contributed by atoms with van der Waals surface area (Å²) in [6.45, 7) is 5.07. The van der Waals surface area contributed by atoms with Crippen LogP contribution in [-0.2, 0) is 4.74 Å². The Labute approximate surface area is 86.6 Å². The smallest absolute Gasteiger partial charge is 0.0955 e. The molecule has 82 valence electrons. The van der Waals surface area contributed by atoms with Crippen LogP contribution >= 0.6 is 0 Å². The van der Waals surface area contributed by atoms with Crippen LogP contribution in [-0.4, -0.2) is 23.4 Å². The summed E-state index contributed by atoms with van der Waals surface area (Å²) in [6, 6.07) is 0. The number of ether oxygens (including phenoxy) is 1. The summed E-state index contributed by atoms with van der Waals surface area (Å²) in [5.74, 6) is 1.34. The molecule has 2 aliphatic rings. The molecule has 2 nitrogen and oxygen atoms in total. The fourth-order valence-corrected chi connectivity index (χ4v) is 3.04. The first kappa shape index (κ1) is 10.4. The van der Waals surface area contributed by atoms with E-state index in [9.17, 15) is 5.11 Å². The number of hydrogen-bond acceptors (Lipinski definition) is 2. The molecule has 0 amide bonds. The van der Waals surface area contributed by atoms with Gasteiger partial charge in [-0.3, -0.25) is 0 Å². The quantitative estimate of drug-likeness (QED) is 0.701. The molecule has 2 unspecified atom stereocenters. The monoisotopic (exact) mass is 198 g/mol. The lowest BCUT2D eigenvalue weighted by Gasteiger charge is -2.39. The average Bonchev–Trinajstić information content (AvgIpc) is 2.49. The van der Waals surface area contributed by atoms with Gasteiger partial charge in [0, 0.05) is 13.0 Å². The Bertz CT molecular complexity index is 196. The van der Waals surface area contributed by atoms with Gasteiger partial charge in [0.25, 0.3) is 0 Å². The Balaban J connectivity index is 2.00. The first-order valence-electron chi connectivity index (χ1n) is 5.97. The summed E-state index contributed by atoms with van der Waals surface area (Å²) in [5.41, 5.74) is -0.514. The lowest BCUT2D eigenvalue weighted by Crippen LogP contribution is -2.45. The Morgan fingerprint density at radius 1 is 1.14 bits per heavy atom. The van der Waals surface area contributed by atoms with Gasteiger partial charge in [0.05, 0.1) is 11.7 Å². The van der Waals surface area contributed by atoms with Gasteiger partial charge in [0.1, 0.15) is 0 Å². The van der Waals surface area contributed by atoms with Gasteiger partial charge in [-0.05, 0) is 31.6 Å². The average molecular weight is 198 g/mol. The zero-order valence-electron chi connectivity index (χ0n) is 9.33. The maximum atomic E-state index is 10.5. The first-order valence-corrected chi connectivity index (χ1v) is 5.97. The van der Waals surface area contributed by atoms with Crippen molar-refractivity contribution in [2.24, 2.45) is 11.8 Å². The molecule has 1 saturated heterocycles. The number of rotatable bonds is 1.